The minimum absolute atomic E-state index is 0.300. The van der Waals surface area contributed by atoms with Gasteiger partial charge in [0.25, 0.3) is 11.7 Å². The number of hydrogen-bond acceptors (Lipinski definition) is 4. The van der Waals surface area contributed by atoms with Gasteiger partial charge in [0.15, 0.2) is 0 Å². The van der Waals surface area contributed by atoms with Crippen molar-refractivity contribution in [2.75, 3.05) is 42.9 Å². The van der Waals surface area contributed by atoms with Crippen molar-refractivity contribution in [3.63, 3.8) is 0 Å². The minimum Gasteiger partial charge on any atom is -0.369 e. The van der Waals surface area contributed by atoms with Crippen LogP contribution in [0.2, 0.25) is 0 Å². The zero-order valence-corrected chi connectivity index (χ0v) is 21.8. The summed E-state index contributed by atoms with van der Waals surface area (Å²) in [4.78, 5) is 31.4. The second kappa shape index (κ2) is 10.2. The number of fused-ring (bicyclic) bond motifs is 1. The summed E-state index contributed by atoms with van der Waals surface area (Å²) in [6.45, 7) is 12.0. The van der Waals surface area contributed by atoms with Gasteiger partial charge >= 0.3 is 0 Å². The SMILES string of the molecule is CC(C)(C)CN1CCN(c2ccc(NC(=O)C(=O)c3c(-c4ccccc4)cc4ccccn34)cc2)CC1. The van der Waals surface area contributed by atoms with E-state index in [-0.39, 0.29) is 0 Å². The van der Waals surface area contributed by atoms with E-state index in [2.05, 4.69) is 35.9 Å². The number of rotatable bonds is 6. The van der Waals surface area contributed by atoms with Gasteiger partial charge in [-0.2, -0.15) is 0 Å². The van der Waals surface area contributed by atoms with E-state index in [4.69, 9.17) is 0 Å². The van der Waals surface area contributed by atoms with Gasteiger partial charge < -0.3 is 14.6 Å². The van der Waals surface area contributed by atoms with Crippen LogP contribution in [0.4, 0.5) is 11.4 Å². The van der Waals surface area contributed by atoms with E-state index < -0.39 is 11.7 Å². The van der Waals surface area contributed by atoms with Crippen molar-refractivity contribution in [2.45, 2.75) is 20.8 Å². The van der Waals surface area contributed by atoms with E-state index in [1.165, 1.54) is 0 Å². The first-order chi connectivity index (χ1) is 17.8. The highest BCUT2D eigenvalue weighted by Gasteiger charge is 2.25. The first-order valence-corrected chi connectivity index (χ1v) is 12.9. The standard InChI is InChI=1S/C31H34N4O2/c1-31(2,3)22-33-17-19-34(20-18-33)25-14-12-24(13-15-25)32-30(37)29(36)28-27(23-9-5-4-6-10-23)21-26-11-7-8-16-35(26)28/h4-16,21H,17-20,22H2,1-3H3,(H,32,37). The Morgan fingerprint density at radius 1 is 0.838 bits per heavy atom. The third kappa shape index (κ3) is 5.59. The average molecular weight is 495 g/mol. The van der Waals surface area contributed by atoms with Gasteiger partial charge in [-0.05, 0) is 53.4 Å². The van der Waals surface area contributed by atoms with E-state index in [0.717, 1.165) is 55.1 Å². The number of nitrogens with zero attached hydrogens (tertiary/aromatic N) is 3. The predicted octanol–water partition coefficient (Wildman–Crippen LogP) is 5.60. The monoisotopic (exact) mass is 494 g/mol. The summed E-state index contributed by atoms with van der Waals surface area (Å²) in [6.07, 6.45) is 1.82. The number of anilines is 2. The lowest BCUT2D eigenvalue weighted by Gasteiger charge is -2.38. The Morgan fingerprint density at radius 2 is 1.51 bits per heavy atom. The van der Waals surface area contributed by atoms with Crippen molar-refractivity contribution in [1.82, 2.24) is 9.30 Å². The van der Waals surface area contributed by atoms with Crippen LogP contribution in [0.1, 0.15) is 31.3 Å². The molecule has 0 spiro atoms. The van der Waals surface area contributed by atoms with Crippen LogP contribution in [0.15, 0.2) is 85.1 Å². The predicted molar refractivity (Wildman–Crippen MR) is 150 cm³/mol. The largest absolute Gasteiger partial charge is 0.369 e. The molecule has 0 radical (unpaired) electrons. The van der Waals surface area contributed by atoms with Crippen molar-refractivity contribution in [1.29, 1.82) is 0 Å². The van der Waals surface area contributed by atoms with Gasteiger partial charge in [-0.3, -0.25) is 14.5 Å². The van der Waals surface area contributed by atoms with Crippen LogP contribution in [-0.4, -0.2) is 53.7 Å². The fourth-order valence-corrected chi connectivity index (χ4v) is 5.08. The molecule has 0 atom stereocenters. The van der Waals surface area contributed by atoms with E-state index in [9.17, 15) is 9.59 Å². The topological polar surface area (TPSA) is 57.1 Å². The van der Waals surface area contributed by atoms with E-state index >= 15 is 0 Å². The number of aromatic nitrogens is 1. The van der Waals surface area contributed by atoms with Gasteiger partial charge in [-0.1, -0.05) is 57.2 Å². The van der Waals surface area contributed by atoms with Crippen molar-refractivity contribution in [3.05, 3.63) is 90.8 Å². The molecule has 1 aliphatic heterocycles. The van der Waals surface area contributed by atoms with E-state index in [0.29, 0.717) is 16.8 Å². The fourth-order valence-electron chi connectivity index (χ4n) is 5.08. The molecule has 2 aromatic carbocycles. The van der Waals surface area contributed by atoms with Crippen LogP contribution < -0.4 is 10.2 Å². The molecule has 37 heavy (non-hydrogen) atoms. The van der Waals surface area contributed by atoms with Gasteiger partial charge in [0.05, 0.1) is 0 Å². The second-order valence-electron chi connectivity index (χ2n) is 10.9. The number of Topliss-reactive ketones (excluding diaryl/α,β-unsaturated/α-hetero) is 1. The number of benzene rings is 2. The molecule has 190 valence electrons. The molecular weight excluding hydrogens is 460 g/mol. The number of piperazine rings is 1. The summed E-state index contributed by atoms with van der Waals surface area (Å²) in [5.74, 6) is -1.21. The van der Waals surface area contributed by atoms with Gasteiger partial charge in [0.2, 0.25) is 0 Å². The van der Waals surface area contributed by atoms with Crippen molar-refractivity contribution in [2.24, 2.45) is 5.41 Å². The Hall–Kier alpha value is -3.90. The smallest absolute Gasteiger partial charge is 0.298 e. The summed E-state index contributed by atoms with van der Waals surface area (Å²) in [6, 6.07) is 25.1. The number of carbonyl (C=O) groups is 2. The number of nitrogens with one attached hydrogen (secondary N) is 1. The molecule has 4 aromatic rings. The zero-order chi connectivity index (χ0) is 26.0. The first-order valence-electron chi connectivity index (χ1n) is 12.9. The lowest BCUT2D eigenvalue weighted by atomic mass is 9.96. The quantitative estimate of drug-likeness (QED) is 0.280. The van der Waals surface area contributed by atoms with Gasteiger partial charge in [-0.25, -0.2) is 0 Å². The highest BCUT2D eigenvalue weighted by molar-refractivity contribution is 6.47. The van der Waals surface area contributed by atoms with Crippen LogP contribution in [-0.2, 0) is 4.79 Å². The molecule has 0 aliphatic carbocycles. The molecule has 2 aromatic heterocycles. The van der Waals surface area contributed by atoms with Gasteiger partial charge in [0.1, 0.15) is 5.69 Å². The maximum atomic E-state index is 13.4. The van der Waals surface area contributed by atoms with Crippen LogP contribution in [0, 0.1) is 5.41 Å². The third-order valence-electron chi connectivity index (χ3n) is 6.75. The minimum atomic E-state index is -0.649. The van der Waals surface area contributed by atoms with E-state index in [1.54, 1.807) is 4.40 Å². The number of ketones is 1. The highest BCUT2D eigenvalue weighted by atomic mass is 16.2. The van der Waals surface area contributed by atoms with Gasteiger partial charge in [-0.15, -0.1) is 0 Å². The van der Waals surface area contributed by atoms with E-state index in [1.807, 2.05) is 85.1 Å². The van der Waals surface area contributed by atoms with Crippen LogP contribution in [0.3, 0.4) is 0 Å². The molecule has 6 nitrogen and oxygen atoms in total. The number of amides is 1. The molecular formula is C31H34N4O2. The van der Waals surface area contributed by atoms with Crippen LogP contribution in [0.25, 0.3) is 16.6 Å². The zero-order valence-electron chi connectivity index (χ0n) is 21.8. The third-order valence-corrected chi connectivity index (χ3v) is 6.75. The molecule has 0 unspecified atom stereocenters. The molecule has 0 bridgehead atoms. The number of pyridine rings is 1. The molecule has 1 saturated heterocycles. The molecule has 1 amide bonds. The highest BCUT2D eigenvalue weighted by Crippen LogP contribution is 2.29. The number of carbonyl (C=O) groups excluding carboxylic acids is 2. The summed E-state index contributed by atoms with van der Waals surface area (Å²) < 4.78 is 1.78. The summed E-state index contributed by atoms with van der Waals surface area (Å²) >= 11 is 0. The Bertz CT molecular complexity index is 1390. The van der Waals surface area contributed by atoms with Crippen molar-refractivity contribution < 1.29 is 9.59 Å². The normalized spacial score (nSPS) is 14.6. The van der Waals surface area contributed by atoms with Crippen LogP contribution >= 0.6 is 0 Å². The Labute approximate surface area is 218 Å². The average Bonchev–Trinajstić information content (AvgIpc) is 3.28. The molecule has 1 N–H and O–H groups in total. The Balaban J connectivity index is 1.29. The molecule has 1 aliphatic rings. The van der Waals surface area contributed by atoms with Gasteiger partial charge in [0, 0.05) is 61.4 Å². The van der Waals surface area contributed by atoms with Crippen molar-refractivity contribution in [3.8, 4) is 11.1 Å². The molecule has 6 heteroatoms. The summed E-state index contributed by atoms with van der Waals surface area (Å²) in [5, 5.41) is 2.81. The summed E-state index contributed by atoms with van der Waals surface area (Å²) in [5.41, 5.74) is 4.91. The molecule has 5 rings (SSSR count). The molecule has 3 heterocycles. The Morgan fingerprint density at radius 3 is 2.19 bits per heavy atom. The van der Waals surface area contributed by atoms with Crippen LogP contribution in [0.5, 0.6) is 0 Å². The number of hydrogen-bond donors (Lipinski definition) is 1. The Kier molecular flexibility index (Phi) is 6.85. The fraction of sp³-hybridized carbons (Fsp3) is 0.290. The first kappa shape index (κ1) is 24.8. The van der Waals surface area contributed by atoms with Crippen molar-refractivity contribution >= 4 is 28.6 Å². The molecule has 0 saturated carbocycles. The molecule has 1 fully saturated rings. The summed E-state index contributed by atoms with van der Waals surface area (Å²) in [7, 11) is 0. The lowest BCUT2D eigenvalue weighted by Crippen LogP contribution is -2.48. The lowest BCUT2D eigenvalue weighted by molar-refractivity contribution is -0.112. The maximum absolute atomic E-state index is 13.4. The second-order valence-corrected chi connectivity index (χ2v) is 10.9. The maximum Gasteiger partial charge on any atom is 0.298 e.